The van der Waals surface area contributed by atoms with E-state index in [1.54, 1.807) is 7.11 Å². The predicted molar refractivity (Wildman–Crippen MR) is 80.1 cm³/mol. The normalized spacial score (nSPS) is 11.6. The van der Waals surface area contributed by atoms with E-state index in [0.717, 1.165) is 35.3 Å². The van der Waals surface area contributed by atoms with Crippen molar-refractivity contribution in [3.05, 3.63) is 36.4 Å². The molecule has 2 aromatic rings. The molecule has 0 bridgehead atoms. The van der Waals surface area contributed by atoms with Crippen LogP contribution in [0.2, 0.25) is 0 Å². The Labute approximate surface area is 115 Å². The van der Waals surface area contributed by atoms with E-state index in [4.69, 9.17) is 9.47 Å². The lowest BCUT2D eigenvalue weighted by molar-refractivity contribution is 0.245. The minimum Gasteiger partial charge on any atom is -0.496 e. The molecule has 0 fully saturated rings. The lowest BCUT2D eigenvalue weighted by atomic mass is 9.93. The standard InChI is InChI=1S/C17H22O2/c1-17(2,3)11-12-19-16-10-6-7-13-14(16)8-5-9-15(13)18-4/h5-10H,11-12H2,1-4H3. The van der Waals surface area contributed by atoms with E-state index in [1.807, 2.05) is 24.3 Å². The number of benzene rings is 2. The van der Waals surface area contributed by atoms with Gasteiger partial charge in [-0.2, -0.15) is 0 Å². The molecule has 0 aliphatic carbocycles. The van der Waals surface area contributed by atoms with E-state index in [0.29, 0.717) is 5.41 Å². The van der Waals surface area contributed by atoms with Gasteiger partial charge in [-0.05, 0) is 24.0 Å². The quantitative estimate of drug-likeness (QED) is 0.793. The highest BCUT2D eigenvalue weighted by Gasteiger charge is 2.11. The summed E-state index contributed by atoms with van der Waals surface area (Å²) in [5, 5.41) is 2.20. The Morgan fingerprint density at radius 3 is 2.05 bits per heavy atom. The number of ether oxygens (including phenoxy) is 2. The molecule has 0 N–H and O–H groups in total. The van der Waals surface area contributed by atoms with Crippen LogP contribution in [0.1, 0.15) is 27.2 Å². The number of fused-ring (bicyclic) bond motifs is 1. The van der Waals surface area contributed by atoms with Crippen molar-refractivity contribution in [3.8, 4) is 11.5 Å². The van der Waals surface area contributed by atoms with Gasteiger partial charge in [-0.25, -0.2) is 0 Å². The molecule has 0 unspecified atom stereocenters. The molecule has 0 atom stereocenters. The summed E-state index contributed by atoms with van der Waals surface area (Å²) in [6.45, 7) is 7.41. The highest BCUT2D eigenvalue weighted by molar-refractivity contribution is 5.93. The number of hydrogen-bond donors (Lipinski definition) is 0. The van der Waals surface area contributed by atoms with Crippen LogP contribution in [0.15, 0.2) is 36.4 Å². The molecule has 0 heterocycles. The molecule has 0 aliphatic heterocycles. The Morgan fingerprint density at radius 1 is 0.895 bits per heavy atom. The zero-order valence-electron chi connectivity index (χ0n) is 12.2. The van der Waals surface area contributed by atoms with Crippen molar-refractivity contribution >= 4 is 10.8 Å². The van der Waals surface area contributed by atoms with Crippen molar-refractivity contribution < 1.29 is 9.47 Å². The van der Waals surface area contributed by atoms with Gasteiger partial charge < -0.3 is 9.47 Å². The maximum Gasteiger partial charge on any atom is 0.127 e. The molecule has 0 spiro atoms. The summed E-state index contributed by atoms with van der Waals surface area (Å²) < 4.78 is 11.3. The van der Waals surface area contributed by atoms with Crippen molar-refractivity contribution in [2.75, 3.05) is 13.7 Å². The summed E-state index contributed by atoms with van der Waals surface area (Å²) in [5.74, 6) is 1.82. The van der Waals surface area contributed by atoms with Crippen molar-refractivity contribution in [2.24, 2.45) is 5.41 Å². The first-order valence-corrected chi connectivity index (χ1v) is 6.70. The maximum atomic E-state index is 5.94. The average molecular weight is 258 g/mol. The first kappa shape index (κ1) is 13.7. The number of rotatable bonds is 4. The fourth-order valence-corrected chi connectivity index (χ4v) is 2.02. The van der Waals surface area contributed by atoms with Crippen molar-refractivity contribution in [3.63, 3.8) is 0 Å². The molecule has 102 valence electrons. The molecule has 0 radical (unpaired) electrons. The summed E-state index contributed by atoms with van der Waals surface area (Å²) in [4.78, 5) is 0. The predicted octanol–water partition coefficient (Wildman–Crippen LogP) is 4.66. The van der Waals surface area contributed by atoms with Gasteiger partial charge in [0.25, 0.3) is 0 Å². The van der Waals surface area contributed by atoms with Crippen LogP contribution in [0.4, 0.5) is 0 Å². The van der Waals surface area contributed by atoms with Crippen LogP contribution in [0.5, 0.6) is 11.5 Å². The largest absolute Gasteiger partial charge is 0.496 e. The third-order valence-corrected chi connectivity index (χ3v) is 3.17. The second kappa shape index (κ2) is 5.52. The SMILES string of the molecule is COc1cccc2c(OCCC(C)(C)C)cccc12. The molecule has 19 heavy (non-hydrogen) atoms. The fourth-order valence-electron chi connectivity index (χ4n) is 2.02. The molecular weight excluding hydrogens is 236 g/mol. The first-order chi connectivity index (χ1) is 9.01. The fraction of sp³-hybridized carbons (Fsp3) is 0.412. The third kappa shape index (κ3) is 3.40. The van der Waals surface area contributed by atoms with Crippen LogP contribution in [0.3, 0.4) is 0 Å². The van der Waals surface area contributed by atoms with Crippen LogP contribution in [-0.4, -0.2) is 13.7 Å². The zero-order valence-corrected chi connectivity index (χ0v) is 12.2. The van der Waals surface area contributed by atoms with E-state index < -0.39 is 0 Å². The molecule has 0 saturated carbocycles. The maximum absolute atomic E-state index is 5.94. The summed E-state index contributed by atoms with van der Waals surface area (Å²) in [6, 6.07) is 12.1. The van der Waals surface area contributed by atoms with Gasteiger partial charge in [0.2, 0.25) is 0 Å². The highest BCUT2D eigenvalue weighted by Crippen LogP contribution is 2.32. The topological polar surface area (TPSA) is 18.5 Å². The summed E-state index contributed by atoms with van der Waals surface area (Å²) >= 11 is 0. The Morgan fingerprint density at radius 2 is 1.47 bits per heavy atom. The Balaban J connectivity index is 2.24. The van der Waals surface area contributed by atoms with E-state index >= 15 is 0 Å². The molecule has 0 amide bonds. The van der Waals surface area contributed by atoms with E-state index in [9.17, 15) is 0 Å². The average Bonchev–Trinajstić information content (AvgIpc) is 2.37. The van der Waals surface area contributed by atoms with E-state index in [-0.39, 0.29) is 0 Å². The Bertz CT molecular complexity index is 553. The molecule has 0 saturated heterocycles. The molecule has 0 aliphatic rings. The minimum absolute atomic E-state index is 0.294. The van der Waals surface area contributed by atoms with Crippen LogP contribution in [-0.2, 0) is 0 Å². The Kier molecular flexibility index (Phi) is 3.98. The monoisotopic (exact) mass is 258 g/mol. The molecule has 2 aromatic carbocycles. The second-order valence-electron chi connectivity index (χ2n) is 5.97. The molecular formula is C17H22O2. The summed E-state index contributed by atoms with van der Waals surface area (Å²) in [7, 11) is 1.70. The van der Waals surface area contributed by atoms with Crippen LogP contribution >= 0.6 is 0 Å². The van der Waals surface area contributed by atoms with Gasteiger partial charge in [-0.3, -0.25) is 0 Å². The van der Waals surface area contributed by atoms with Crippen LogP contribution < -0.4 is 9.47 Å². The van der Waals surface area contributed by atoms with E-state index in [2.05, 4.69) is 32.9 Å². The molecule has 2 nitrogen and oxygen atoms in total. The lowest BCUT2D eigenvalue weighted by Crippen LogP contribution is -2.11. The van der Waals surface area contributed by atoms with Crippen molar-refractivity contribution in [1.29, 1.82) is 0 Å². The number of methoxy groups -OCH3 is 1. The van der Waals surface area contributed by atoms with Crippen LogP contribution in [0.25, 0.3) is 10.8 Å². The van der Waals surface area contributed by atoms with Crippen molar-refractivity contribution in [2.45, 2.75) is 27.2 Å². The second-order valence-corrected chi connectivity index (χ2v) is 5.97. The Hall–Kier alpha value is -1.70. The van der Waals surface area contributed by atoms with Gasteiger partial charge in [0.1, 0.15) is 11.5 Å². The van der Waals surface area contributed by atoms with Gasteiger partial charge in [0, 0.05) is 10.8 Å². The van der Waals surface area contributed by atoms with Gasteiger partial charge in [0.15, 0.2) is 0 Å². The summed E-state index contributed by atoms with van der Waals surface area (Å²) in [5.41, 5.74) is 0.294. The van der Waals surface area contributed by atoms with Gasteiger partial charge in [-0.15, -0.1) is 0 Å². The summed E-state index contributed by atoms with van der Waals surface area (Å²) in [6.07, 6.45) is 1.04. The van der Waals surface area contributed by atoms with Gasteiger partial charge in [0.05, 0.1) is 13.7 Å². The number of hydrogen-bond acceptors (Lipinski definition) is 2. The molecule has 2 rings (SSSR count). The first-order valence-electron chi connectivity index (χ1n) is 6.70. The minimum atomic E-state index is 0.294. The zero-order chi connectivity index (χ0) is 13.9. The lowest BCUT2D eigenvalue weighted by Gasteiger charge is -2.18. The highest BCUT2D eigenvalue weighted by atomic mass is 16.5. The van der Waals surface area contributed by atoms with Crippen LogP contribution in [0, 0.1) is 5.41 Å². The molecule has 0 aromatic heterocycles. The smallest absolute Gasteiger partial charge is 0.127 e. The molecule has 2 heteroatoms. The van der Waals surface area contributed by atoms with Gasteiger partial charge >= 0.3 is 0 Å². The third-order valence-electron chi connectivity index (χ3n) is 3.17. The van der Waals surface area contributed by atoms with E-state index in [1.165, 1.54) is 0 Å². The van der Waals surface area contributed by atoms with Crippen molar-refractivity contribution in [1.82, 2.24) is 0 Å². The van der Waals surface area contributed by atoms with Gasteiger partial charge in [-0.1, -0.05) is 45.0 Å².